The highest BCUT2D eigenvalue weighted by Gasteiger charge is 2.66. The molecular formula is C16H12Br2NO4-. The van der Waals surface area contributed by atoms with E-state index >= 15 is 0 Å². The van der Waals surface area contributed by atoms with Crippen LogP contribution in [0.3, 0.4) is 0 Å². The number of halogens is 2. The molecule has 4 rings (SSSR count). The molecule has 0 aromatic heterocycles. The van der Waals surface area contributed by atoms with Gasteiger partial charge in [-0.2, -0.15) is 0 Å². The highest BCUT2D eigenvalue weighted by Crippen LogP contribution is 2.60. The Morgan fingerprint density at radius 2 is 1.48 bits per heavy atom. The molecule has 6 atom stereocenters. The van der Waals surface area contributed by atoms with E-state index in [0.29, 0.717) is 5.69 Å². The zero-order valence-electron chi connectivity index (χ0n) is 11.8. The van der Waals surface area contributed by atoms with Gasteiger partial charge in [0.2, 0.25) is 11.8 Å². The number of alkyl halides is 2. The molecule has 7 heteroatoms. The monoisotopic (exact) mass is 440 g/mol. The van der Waals surface area contributed by atoms with Crippen molar-refractivity contribution in [3.63, 3.8) is 0 Å². The minimum absolute atomic E-state index is 0.0224. The van der Waals surface area contributed by atoms with Crippen LogP contribution in [0.2, 0.25) is 0 Å². The van der Waals surface area contributed by atoms with Crippen molar-refractivity contribution >= 4 is 55.3 Å². The lowest BCUT2D eigenvalue weighted by molar-refractivity contribution is -0.255. The van der Waals surface area contributed by atoms with Gasteiger partial charge < -0.3 is 9.90 Å². The van der Waals surface area contributed by atoms with E-state index in [9.17, 15) is 19.5 Å². The fourth-order valence-electron chi connectivity index (χ4n) is 4.35. The standard InChI is InChI=1S/C16H13Br2NO4/c17-12-8-5-9(13(12)18)11-10(8)14(20)19(15(11)21)7-3-1-6(2-4-7)16(22)23/h1-4,8-13H,5H2,(H,22,23)/p-1/t8-,9+,10-,11-,12+,13-/m0/s1. The Hall–Kier alpha value is -1.21. The molecule has 5 nitrogen and oxygen atoms in total. The van der Waals surface area contributed by atoms with Gasteiger partial charge >= 0.3 is 0 Å². The lowest BCUT2D eigenvalue weighted by Gasteiger charge is -2.28. The van der Waals surface area contributed by atoms with Crippen LogP contribution in [0.15, 0.2) is 24.3 Å². The van der Waals surface area contributed by atoms with E-state index in [4.69, 9.17) is 0 Å². The number of carbonyl (C=O) groups excluding carboxylic acids is 3. The van der Waals surface area contributed by atoms with E-state index in [2.05, 4.69) is 31.9 Å². The smallest absolute Gasteiger partial charge is 0.238 e. The van der Waals surface area contributed by atoms with Gasteiger partial charge in [-0.1, -0.05) is 44.0 Å². The van der Waals surface area contributed by atoms with Crippen LogP contribution in [0.25, 0.3) is 0 Å². The van der Waals surface area contributed by atoms with Crippen molar-refractivity contribution in [3.05, 3.63) is 29.8 Å². The summed E-state index contributed by atoms with van der Waals surface area (Å²) in [6, 6.07) is 5.69. The second-order valence-corrected chi connectivity index (χ2v) is 8.46. The Morgan fingerprint density at radius 1 is 1.00 bits per heavy atom. The summed E-state index contributed by atoms with van der Waals surface area (Å²) < 4.78 is 0. The number of rotatable bonds is 2. The Kier molecular flexibility index (Phi) is 3.43. The van der Waals surface area contributed by atoms with Crippen molar-refractivity contribution in [3.8, 4) is 0 Å². The third-order valence-electron chi connectivity index (χ3n) is 5.35. The molecular weight excluding hydrogens is 430 g/mol. The van der Waals surface area contributed by atoms with Crippen molar-refractivity contribution in [2.45, 2.75) is 16.1 Å². The second-order valence-electron chi connectivity index (χ2n) is 6.35. The molecule has 2 saturated carbocycles. The van der Waals surface area contributed by atoms with E-state index in [1.165, 1.54) is 29.2 Å². The summed E-state index contributed by atoms with van der Waals surface area (Å²) >= 11 is 7.29. The number of anilines is 1. The maximum atomic E-state index is 12.8. The minimum atomic E-state index is -1.28. The number of nitrogens with zero attached hydrogens (tertiary/aromatic N) is 1. The molecule has 0 radical (unpaired) electrons. The topological polar surface area (TPSA) is 77.5 Å². The molecule has 2 bridgehead atoms. The van der Waals surface area contributed by atoms with E-state index in [0.717, 1.165) is 6.42 Å². The van der Waals surface area contributed by atoms with Crippen LogP contribution in [-0.2, 0) is 9.59 Å². The molecule has 1 saturated heterocycles. The van der Waals surface area contributed by atoms with Crippen molar-refractivity contribution in [2.24, 2.45) is 23.7 Å². The molecule has 0 unspecified atom stereocenters. The summed E-state index contributed by atoms with van der Waals surface area (Å²) in [5.74, 6) is -1.83. The molecule has 2 amide bonds. The predicted octanol–water partition coefficient (Wildman–Crippen LogP) is 1.33. The number of imide groups is 1. The Balaban J connectivity index is 1.68. The van der Waals surface area contributed by atoms with Crippen LogP contribution in [-0.4, -0.2) is 27.4 Å². The van der Waals surface area contributed by atoms with Gasteiger partial charge in [-0.15, -0.1) is 0 Å². The van der Waals surface area contributed by atoms with Crippen LogP contribution in [0.4, 0.5) is 5.69 Å². The Morgan fingerprint density at radius 3 is 1.91 bits per heavy atom. The van der Waals surface area contributed by atoms with Gasteiger partial charge in [-0.25, -0.2) is 0 Å². The summed E-state index contributed by atoms with van der Waals surface area (Å²) in [5, 5.41) is 10.8. The van der Waals surface area contributed by atoms with E-state index in [1.54, 1.807) is 0 Å². The van der Waals surface area contributed by atoms with Crippen LogP contribution in [0.1, 0.15) is 16.8 Å². The summed E-state index contributed by atoms with van der Waals surface area (Å²) in [7, 11) is 0. The average molecular weight is 442 g/mol. The van der Waals surface area contributed by atoms with E-state index in [1.807, 2.05) is 0 Å². The molecule has 0 spiro atoms. The number of benzene rings is 1. The molecule has 0 N–H and O–H groups in total. The van der Waals surface area contributed by atoms with Gasteiger partial charge in [0.25, 0.3) is 0 Å². The van der Waals surface area contributed by atoms with Gasteiger partial charge in [0, 0.05) is 9.65 Å². The summed E-state index contributed by atoms with van der Waals surface area (Å²) in [6.45, 7) is 0. The quantitative estimate of drug-likeness (QED) is 0.512. The normalized spacial score (nSPS) is 38.3. The van der Waals surface area contributed by atoms with E-state index < -0.39 is 5.97 Å². The van der Waals surface area contributed by atoms with Crippen LogP contribution >= 0.6 is 31.9 Å². The number of carboxylic acids is 1. The SMILES string of the molecule is O=C([O-])c1ccc(N2C(=O)[C@H]3[C@@H]4C[C@@H]([C@H](Br)[C@@H]4Br)[C@@H]3C2=O)cc1. The zero-order chi connectivity index (χ0) is 16.5. The fourth-order valence-corrected chi connectivity index (χ4v) is 6.22. The van der Waals surface area contributed by atoms with Gasteiger partial charge in [-0.05, 0) is 36.0 Å². The number of fused-ring (bicyclic) bond motifs is 5. The third kappa shape index (κ3) is 1.99. The lowest BCUT2D eigenvalue weighted by atomic mass is 9.81. The number of hydrogen-bond donors (Lipinski definition) is 0. The first kappa shape index (κ1) is 15.3. The van der Waals surface area contributed by atoms with Gasteiger partial charge in [0.1, 0.15) is 0 Å². The molecule has 23 heavy (non-hydrogen) atoms. The van der Waals surface area contributed by atoms with E-state index in [-0.39, 0.29) is 50.7 Å². The number of aromatic carboxylic acids is 1. The Labute approximate surface area is 149 Å². The number of carbonyl (C=O) groups is 3. The molecule has 3 aliphatic rings. The molecule has 2 aliphatic carbocycles. The third-order valence-corrected chi connectivity index (χ3v) is 8.55. The van der Waals surface area contributed by atoms with Crippen LogP contribution in [0.5, 0.6) is 0 Å². The molecule has 1 aliphatic heterocycles. The van der Waals surface area contributed by atoms with Gasteiger partial charge in [0.15, 0.2) is 0 Å². The first-order valence-corrected chi connectivity index (χ1v) is 9.22. The van der Waals surface area contributed by atoms with Gasteiger partial charge in [0.05, 0.1) is 23.5 Å². The molecule has 1 heterocycles. The van der Waals surface area contributed by atoms with Crippen LogP contribution < -0.4 is 10.0 Å². The minimum Gasteiger partial charge on any atom is -0.545 e. The number of carboxylic acid groups (broad SMARTS) is 1. The first-order chi connectivity index (χ1) is 10.9. The zero-order valence-corrected chi connectivity index (χ0v) is 15.0. The highest BCUT2D eigenvalue weighted by molar-refractivity contribution is 9.12. The highest BCUT2D eigenvalue weighted by atomic mass is 79.9. The van der Waals surface area contributed by atoms with Crippen molar-refractivity contribution < 1.29 is 19.5 Å². The fraction of sp³-hybridized carbons (Fsp3) is 0.438. The van der Waals surface area contributed by atoms with Crippen molar-refractivity contribution in [1.82, 2.24) is 0 Å². The number of amides is 2. The molecule has 3 fully saturated rings. The lowest BCUT2D eigenvalue weighted by Crippen LogP contribution is -2.37. The molecule has 1 aromatic carbocycles. The summed E-state index contributed by atoms with van der Waals surface area (Å²) in [6.07, 6.45) is 0.885. The van der Waals surface area contributed by atoms with Crippen LogP contribution in [0, 0.1) is 23.7 Å². The predicted molar refractivity (Wildman–Crippen MR) is 87.3 cm³/mol. The second kappa shape index (κ2) is 5.14. The molecule has 1 aromatic rings. The van der Waals surface area contributed by atoms with Gasteiger partial charge in [-0.3, -0.25) is 14.5 Å². The largest absolute Gasteiger partial charge is 0.545 e. The Bertz CT molecular complexity index is 687. The summed E-state index contributed by atoms with van der Waals surface area (Å²) in [4.78, 5) is 38.0. The van der Waals surface area contributed by atoms with Crippen molar-refractivity contribution in [2.75, 3.05) is 4.90 Å². The number of hydrogen-bond acceptors (Lipinski definition) is 4. The molecule has 120 valence electrons. The first-order valence-electron chi connectivity index (χ1n) is 7.39. The maximum Gasteiger partial charge on any atom is 0.238 e. The van der Waals surface area contributed by atoms with Crippen molar-refractivity contribution in [1.29, 1.82) is 0 Å². The average Bonchev–Trinajstić information content (AvgIpc) is 3.12. The maximum absolute atomic E-state index is 12.8. The summed E-state index contributed by atoms with van der Waals surface area (Å²) in [5.41, 5.74) is 0.449.